The van der Waals surface area contributed by atoms with E-state index in [9.17, 15) is 14.0 Å². The molecular formula is C24H30FN3O3. The molecule has 1 aliphatic heterocycles. The maximum atomic E-state index is 13.5. The van der Waals surface area contributed by atoms with Gasteiger partial charge in [-0.3, -0.25) is 14.6 Å². The number of benzene rings is 1. The number of aryl methyl sites for hydroxylation is 1. The Bertz CT molecular complexity index is 875. The van der Waals surface area contributed by atoms with Gasteiger partial charge in [0.25, 0.3) is 0 Å². The van der Waals surface area contributed by atoms with Crippen LogP contribution in [-0.2, 0) is 27.4 Å². The number of rotatable bonds is 8. The summed E-state index contributed by atoms with van der Waals surface area (Å²) in [6.45, 7) is 5.73. The molecule has 166 valence electrons. The lowest BCUT2D eigenvalue weighted by molar-refractivity contribution is -0.139. The molecule has 31 heavy (non-hydrogen) atoms. The van der Waals surface area contributed by atoms with E-state index in [-0.39, 0.29) is 43.3 Å². The fourth-order valence-electron chi connectivity index (χ4n) is 3.67. The van der Waals surface area contributed by atoms with Crippen LogP contribution in [0.4, 0.5) is 4.39 Å². The fraction of sp³-hybridized carbons (Fsp3) is 0.458. The Balaban J connectivity index is 1.67. The van der Waals surface area contributed by atoms with Crippen LogP contribution >= 0.6 is 0 Å². The number of hydrogen-bond acceptors (Lipinski definition) is 4. The van der Waals surface area contributed by atoms with Crippen molar-refractivity contribution in [3.8, 4) is 0 Å². The normalized spacial score (nSPS) is 17.2. The first-order valence-corrected chi connectivity index (χ1v) is 10.7. The van der Waals surface area contributed by atoms with Gasteiger partial charge >= 0.3 is 0 Å². The van der Waals surface area contributed by atoms with Gasteiger partial charge in [0.1, 0.15) is 5.82 Å². The summed E-state index contributed by atoms with van der Waals surface area (Å²) in [5.74, 6) is -0.175. The van der Waals surface area contributed by atoms with Gasteiger partial charge in [-0.1, -0.05) is 32.0 Å². The minimum atomic E-state index is -0.340. The SMILES string of the molecule is CC(C)CN1C[C@@H](OCc2cccc(F)c2)CN(C(=O)CCc2ccccn2)CC1=O. The van der Waals surface area contributed by atoms with Gasteiger partial charge in [-0.05, 0) is 42.2 Å². The van der Waals surface area contributed by atoms with E-state index in [1.165, 1.54) is 12.1 Å². The highest BCUT2D eigenvalue weighted by Crippen LogP contribution is 2.15. The Morgan fingerprint density at radius 3 is 2.77 bits per heavy atom. The van der Waals surface area contributed by atoms with Crippen LogP contribution in [0.3, 0.4) is 0 Å². The highest BCUT2D eigenvalue weighted by Gasteiger charge is 2.31. The number of halogens is 1. The summed E-state index contributed by atoms with van der Waals surface area (Å²) in [7, 11) is 0. The van der Waals surface area contributed by atoms with Gasteiger partial charge in [-0.15, -0.1) is 0 Å². The van der Waals surface area contributed by atoms with Crippen LogP contribution in [0.1, 0.15) is 31.5 Å². The van der Waals surface area contributed by atoms with Gasteiger partial charge in [0.05, 0.1) is 19.3 Å². The van der Waals surface area contributed by atoms with Crippen molar-refractivity contribution in [2.75, 3.05) is 26.2 Å². The topological polar surface area (TPSA) is 62.7 Å². The maximum Gasteiger partial charge on any atom is 0.242 e. The molecular weight excluding hydrogens is 397 g/mol. The quantitative estimate of drug-likeness (QED) is 0.650. The molecule has 2 aromatic rings. The Morgan fingerprint density at radius 2 is 2.06 bits per heavy atom. The summed E-state index contributed by atoms with van der Waals surface area (Å²) in [4.78, 5) is 33.3. The molecule has 2 amide bonds. The molecule has 7 heteroatoms. The van der Waals surface area contributed by atoms with Crippen molar-refractivity contribution in [2.45, 2.75) is 39.4 Å². The first-order valence-electron chi connectivity index (χ1n) is 10.7. The van der Waals surface area contributed by atoms with Crippen molar-refractivity contribution in [3.63, 3.8) is 0 Å². The van der Waals surface area contributed by atoms with Crippen molar-refractivity contribution in [1.29, 1.82) is 0 Å². The molecule has 1 aromatic carbocycles. The van der Waals surface area contributed by atoms with E-state index in [2.05, 4.69) is 18.8 Å². The third-order valence-corrected chi connectivity index (χ3v) is 5.16. The van der Waals surface area contributed by atoms with Crippen LogP contribution in [0.25, 0.3) is 0 Å². The number of aromatic nitrogens is 1. The summed E-state index contributed by atoms with van der Waals surface area (Å²) < 4.78 is 19.5. The molecule has 0 unspecified atom stereocenters. The highest BCUT2D eigenvalue weighted by molar-refractivity contribution is 5.85. The fourth-order valence-corrected chi connectivity index (χ4v) is 3.67. The number of carbonyl (C=O) groups is 2. The Labute approximate surface area is 183 Å². The average molecular weight is 428 g/mol. The predicted molar refractivity (Wildman–Crippen MR) is 116 cm³/mol. The molecule has 1 fully saturated rings. The first-order chi connectivity index (χ1) is 14.9. The number of nitrogens with zero attached hydrogens (tertiary/aromatic N) is 3. The molecule has 0 spiro atoms. The molecule has 0 saturated carbocycles. The van der Waals surface area contributed by atoms with Crippen LogP contribution in [-0.4, -0.2) is 58.9 Å². The Hall–Kier alpha value is -2.80. The van der Waals surface area contributed by atoms with E-state index in [1.54, 1.807) is 28.1 Å². The minimum Gasteiger partial charge on any atom is -0.370 e. The third kappa shape index (κ3) is 7.14. The van der Waals surface area contributed by atoms with Gasteiger partial charge in [0.15, 0.2) is 0 Å². The number of pyridine rings is 1. The second-order valence-electron chi connectivity index (χ2n) is 8.35. The van der Waals surface area contributed by atoms with Crippen LogP contribution in [0.5, 0.6) is 0 Å². The van der Waals surface area contributed by atoms with E-state index >= 15 is 0 Å². The van der Waals surface area contributed by atoms with Gasteiger partial charge in [0, 0.05) is 37.9 Å². The van der Waals surface area contributed by atoms with Crippen molar-refractivity contribution >= 4 is 11.8 Å². The van der Waals surface area contributed by atoms with Gasteiger partial charge < -0.3 is 14.5 Å². The zero-order valence-electron chi connectivity index (χ0n) is 18.2. The zero-order chi connectivity index (χ0) is 22.2. The van der Waals surface area contributed by atoms with E-state index in [1.807, 2.05) is 18.2 Å². The molecule has 3 rings (SSSR count). The van der Waals surface area contributed by atoms with Crippen molar-refractivity contribution < 1.29 is 18.7 Å². The zero-order valence-corrected chi connectivity index (χ0v) is 18.2. The van der Waals surface area contributed by atoms with Crippen LogP contribution < -0.4 is 0 Å². The van der Waals surface area contributed by atoms with Crippen LogP contribution in [0.15, 0.2) is 48.7 Å². The summed E-state index contributed by atoms with van der Waals surface area (Å²) in [6.07, 6.45) is 2.17. The minimum absolute atomic E-state index is 0.0492. The van der Waals surface area contributed by atoms with Gasteiger partial charge in [-0.25, -0.2) is 4.39 Å². The van der Waals surface area contributed by atoms with Gasteiger partial charge in [0.2, 0.25) is 11.8 Å². The predicted octanol–water partition coefficient (Wildman–Crippen LogP) is 3.07. The van der Waals surface area contributed by atoms with E-state index in [0.717, 1.165) is 11.3 Å². The Morgan fingerprint density at radius 1 is 1.23 bits per heavy atom. The number of carbonyl (C=O) groups excluding carboxylic acids is 2. The molecule has 2 heterocycles. The second-order valence-corrected chi connectivity index (χ2v) is 8.35. The van der Waals surface area contributed by atoms with Crippen LogP contribution in [0, 0.1) is 11.7 Å². The number of ether oxygens (including phenoxy) is 1. The monoisotopic (exact) mass is 427 g/mol. The molecule has 6 nitrogen and oxygen atoms in total. The van der Waals surface area contributed by atoms with E-state index in [4.69, 9.17) is 4.74 Å². The van der Waals surface area contributed by atoms with E-state index in [0.29, 0.717) is 32.0 Å². The molecule has 0 radical (unpaired) electrons. The molecule has 1 aliphatic rings. The molecule has 0 bridgehead atoms. The lowest BCUT2D eigenvalue weighted by Crippen LogP contribution is -2.40. The van der Waals surface area contributed by atoms with Crippen molar-refractivity contribution in [1.82, 2.24) is 14.8 Å². The highest BCUT2D eigenvalue weighted by atomic mass is 19.1. The Kier molecular flexibility index (Phi) is 8.12. The smallest absolute Gasteiger partial charge is 0.242 e. The summed E-state index contributed by atoms with van der Waals surface area (Å²) in [5.41, 5.74) is 1.57. The summed E-state index contributed by atoms with van der Waals surface area (Å²) >= 11 is 0. The molecule has 1 aromatic heterocycles. The molecule has 0 N–H and O–H groups in total. The maximum absolute atomic E-state index is 13.5. The summed E-state index contributed by atoms with van der Waals surface area (Å²) in [5, 5.41) is 0. The molecule has 1 atom stereocenters. The van der Waals surface area contributed by atoms with Gasteiger partial charge in [-0.2, -0.15) is 0 Å². The lowest BCUT2D eigenvalue weighted by Gasteiger charge is -2.26. The average Bonchev–Trinajstić information content (AvgIpc) is 2.90. The van der Waals surface area contributed by atoms with Crippen molar-refractivity contribution in [3.05, 3.63) is 65.7 Å². The number of amides is 2. The van der Waals surface area contributed by atoms with Crippen molar-refractivity contribution in [2.24, 2.45) is 5.92 Å². The lowest BCUT2D eigenvalue weighted by atomic mass is 10.2. The molecule has 1 saturated heterocycles. The summed E-state index contributed by atoms with van der Waals surface area (Å²) in [6, 6.07) is 11.9. The van der Waals surface area contributed by atoms with E-state index < -0.39 is 0 Å². The standard InChI is InChI=1S/C24H30FN3O3/c1-18(2)13-27-14-22(31-17-19-6-5-7-20(25)12-19)15-28(16-24(27)30)23(29)10-9-21-8-3-4-11-26-21/h3-8,11-12,18,22H,9-10,13-17H2,1-2H3/t22-/m1/s1. The largest absolute Gasteiger partial charge is 0.370 e. The molecule has 0 aliphatic carbocycles. The second kappa shape index (κ2) is 11.0. The third-order valence-electron chi connectivity index (χ3n) is 5.16. The first kappa shape index (κ1) is 22.9. The van der Waals surface area contributed by atoms with Crippen LogP contribution in [0.2, 0.25) is 0 Å². The number of hydrogen-bond donors (Lipinski definition) is 0.